The second kappa shape index (κ2) is 7.09. The van der Waals surface area contributed by atoms with Crippen molar-refractivity contribution in [1.29, 1.82) is 0 Å². The quantitative estimate of drug-likeness (QED) is 0.924. The van der Waals surface area contributed by atoms with E-state index >= 15 is 0 Å². The topological polar surface area (TPSA) is 32.3 Å². The Morgan fingerprint density at radius 1 is 1.40 bits per heavy atom. The number of hydrogen-bond donors (Lipinski definition) is 1. The van der Waals surface area contributed by atoms with Gasteiger partial charge in [0.25, 0.3) is 0 Å². The number of hydrogen-bond acceptors (Lipinski definition) is 2. The fourth-order valence-corrected chi connectivity index (χ4v) is 2.91. The van der Waals surface area contributed by atoms with Crippen LogP contribution in [0.15, 0.2) is 24.3 Å². The number of rotatable bonds is 4. The largest absolute Gasteiger partial charge is 0.348 e. The molecule has 3 nitrogen and oxygen atoms in total. The summed E-state index contributed by atoms with van der Waals surface area (Å²) in [5.41, 5.74) is 0.967. The minimum absolute atomic E-state index is 0.0556. The van der Waals surface area contributed by atoms with Crippen LogP contribution in [0, 0.1) is 5.92 Å². The molecule has 1 aromatic rings. The maximum Gasteiger partial charge on any atom is 0.234 e. The van der Waals surface area contributed by atoms with Crippen molar-refractivity contribution in [3.8, 4) is 0 Å². The summed E-state index contributed by atoms with van der Waals surface area (Å²) in [5.74, 6) is 0.864. The highest BCUT2D eigenvalue weighted by molar-refractivity contribution is 6.31. The minimum atomic E-state index is -0.0556. The Hall–Kier alpha value is -1.06. The molecule has 1 aromatic carbocycles. The van der Waals surface area contributed by atoms with Crippen LogP contribution in [0.4, 0.5) is 0 Å². The molecule has 4 heteroatoms. The Kier molecular flexibility index (Phi) is 5.44. The van der Waals surface area contributed by atoms with Crippen LogP contribution in [-0.4, -0.2) is 30.4 Å². The van der Waals surface area contributed by atoms with Crippen molar-refractivity contribution in [3.05, 3.63) is 34.9 Å². The van der Waals surface area contributed by atoms with Crippen LogP contribution in [0.3, 0.4) is 0 Å². The monoisotopic (exact) mass is 294 g/mol. The van der Waals surface area contributed by atoms with E-state index in [1.807, 2.05) is 31.2 Å². The molecule has 0 saturated carbocycles. The van der Waals surface area contributed by atoms with Gasteiger partial charge in [-0.05, 0) is 50.4 Å². The van der Waals surface area contributed by atoms with Crippen LogP contribution in [0.1, 0.15) is 38.3 Å². The molecule has 1 unspecified atom stereocenters. The summed E-state index contributed by atoms with van der Waals surface area (Å²) < 4.78 is 0. The highest BCUT2D eigenvalue weighted by Crippen LogP contribution is 2.22. The Morgan fingerprint density at radius 3 is 2.70 bits per heavy atom. The fourth-order valence-electron chi connectivity index (χ4n) is 2.61. The van der Waals surface area contributed by atoms with Crippen LogP contribution in [0.5, 0.6) is 0 Å². The standard InChI is InChI=1S/C16H23ClN2O/c1-12-7-9-19(10-8-12)11-16(20)18-13(2)14-5-3-4-6-15(14)17/h3-6,12-13H,7-11H2,1-2H3,(H,18,20). The van der Waals surface area contributed by atoms with Gasteiger partial charge >= 0.3 is 0 Å². The Labute approximate surface area is 126 Å². The van der Waals surface area contributed by atoms with Crippen LogP contribution < -0.4 is 5.32 Å². The van der Waals surface area contributed by atoms with E-state index in [0.717, 1.165) is 24.6 Å². The first kappa shape index (κ1) is 15.3. The molecule has 1 amide bonds. The molecular weight excluding hydrogens is 272 g/mol. The third kappa shape index (κ3) is 4.22. The first-order chi connectivity index (χ1) is 9.56. The molecule has 0 radical (unpaired) electrons. The first-order valence-corrected chi connectivity index (χ1v) is 7.70. The average Bonchev–Trinajstić information content (AvgIpc) is 2.41. The molecular formula is C16H23ClN2O. The summed E-state index contributed by atoms with van der Waals surface area (Å²) in [4.78, 5) is 14.3. The van der Waals surface area contributed by atoms with Gasteiger partial charge in [0.15, 0.2) is 0 Å². The molecule has 0 bridgehead atoms. The average molecular weight is 295 g/mol. The molecule has 1 aliphatic rings. The third-order valence-corrected chi connectivity index (χ3v) is 4.34. The van der Waals surface area contributed by atoms with Crippen molar-refractivity contribution < 1.29 is 4.79 Å². The summed E-state index contributed by atoms with van der Waals surface area (Å²) in [7, 11) is 0. The summed E-state index contributed by atoms with van der Waals surface area (Å²) >= 11 is 6.15. The third-order valence-electron chi connectivity index (χ3n) is 3.99. The number of likely N-dealkylation sites (tertiary alicyclic amines) is 1. The zero-order valence-electron chi connectivity index (χ0n) is 12.2. The number of nitrogens with zero attached hydrogens (tertiary/aromatic N) is 1. The van der Waals surface area contributed by atoms with E-state index in [0.29, 0.717) is 11.6 Å². The predicted molar refractivity (Wildman–Crippen MR) is 82.8 cm³/mol. The number of nitrogens with one attached hydrogen (secondary N) is 1. The molecule has 1 heterocycles. The van der Waals surface area contributed by atoms with Crippen molar-refractivity contribution >= 4 is 17.5 Å². The van der Waals surface area contributed by atoms with Gasteiger partial charge in [0.05, 0.1) is 12.6 Å². The smallest absolute Gasteiger partial charge is 0.234 e. The van der Waals surface area contributed by atoms with Gasteiger partial charge in [0.2, 0.25) is 5.91 Å². The summed E-state index contributed by atoms with van der Waals surface area (Å²) in [6, 6.07) is 7.59. The maximum absolute atomic E-state index is 12.1. The molecule has 1 fully saturated rings. The molecule has 1 saturated heterocycles. The highest BCUT2D eigenvalue weighted by atomic mass is 35.5. The molecule has 1 N–H and O–H groups in total. The molecule has 1 atom stereocenters. The molecule has 110 valence electrons. The van der Waals surface area contributed by atoms with Gasteiger partial charge in [-0.15, -0.1) is 0 Å². The number of piperidine rings is 1. The van der Waals surface area contributed by atoms with E-state index in [2.05, 4.69) is 17.1 Å². The van der Waals surface area contributed by atoms with E-state index in [1.165, 1.54) is 12.8 Å². The maximum atomic E-state index is 12.1. The van der Waals surface area contributed by atoms with Crippen molar-refractivity contribution in [2.45, 2.75) is 32.7 Å². The lowest BCUT2D eigenvalue weighted by Crippen LogP contribution is -2.41. The number of halogens is 1. The lowest BCUT2D eigenvalue weighted by molar-refractivity contribution is -0.123. The van der Waals surface area contributed by atoms with Crippen LogP contribution in [0.2, 0.25) is 5.02 Å². The van der Waals surface area contributed by atoms with E-state index in [4.69, 9.17) is 11.6 Å². The number of amides is 1. The summed E-state index contributed by atoms with van der Waals surface area (Å²) in [5, 5.41) is 3.73. The second-order valence-corrected chi connectivity index (χ2v) is 6.18. The van der Waals surface area contributed by atoms with Gasteiger partial charge in [-0.2, -0.15) is 0 Å². The van der Waals surface area contributed by atoms with Gasteiger partial charge in [-0.1, -0.05) is 36.7 Å². The summed E-state index contributed by atoms with van der Waals surface area (Å²) in [6.45, 7) is 6.78. The molecule has 1 aliphatic heterocycles. The lowest BCUT2D eigenvalue weighted by Gasteiger charge is -2.30. The Morgan fingerprint density at radius 2 is 2.05 bits per heavy atom. The molecule has 0 aliphatic carbocycles. The van der Waals surface area contributed by atoms with E-state index in [9.17, 15) is 4.79 Å². The minimum Gasteiger partial charge on any atom is -0.348 e. The second-order valence-electron chi connectivity index (χ2n) is 5.77. The van der Waals surface area contributed by atoms with Crippen molar-refractivity contribution in [3.63, 3.8) is 0 Å². The van der Waals surface area contributed by atoms with E-state index in [-0.39, 0.29) is 11.9 Å². The van der Waals surface area contributed by atoms with Gasteiger partial charge in [-0.3, -0.25) is 9.69 Å². The molecule has 2 rings (SSSR count). The predicted octanol–water partition coefficient (Wildman–Crippen LogP) is 3.25. The number of carbonyl (C=O) groups excluding carboxylic acids is 1. The van der Waals surface area contributed by atoms with Crippen molar-refractivity contribution in [2.75, 3.05) is 19.6 Å². The van der Waals surface area contributed by atoms with Crippen LogP contribution in [-0.2, 0) is 4.79 Å². The van der Waals surface area contributed by atoms with Crippen LogP contribution in [0.25, 0.3) is 0 Å². The zero-order chi connectivity index (χ0) is 14.5. The normalized spacial score (nSPS) is 18.8. The molecule has 0 aromatic heterocycles. The molecule has 0 spiro atoms. The van der Waals surface area contributed by atoms with E-state index < -0.39 is 0 Å². The van der Waals surface area contributed by atoms with Crippen molar-refractivity contribution in [1.82, 2.24) is 10.2 Å². The number of benzene rings is 1. The van der Waals surface area contributed by atoms with Crippen molar-refractivity contribution in [2.24, 2.45) is 5.92 Å². The lowest BCUT2D eigenvalue weighted by atomic mass is 9.99. The van der Waals surface area contributed by atoms with Gasteiger partial charge < -0.3 is 5.32 Å². The molecule has 20 heavy (non-hydrogen) atoms. The van der Waals surface area contributed by atoms with Gasteiger partial charge in [-0.25, -0.2) is 0 Å². The van der Waals surface area contributed by atoms with E-state index in [1.54, 1.807) is 0 Å². The SMILES string of the molecule is CC1CCN(CC(=O)NC(C)c2ccccc2Cl)CC1. The van der Waals surface area contributed by atoms with Gasteiger partial charge in [0, 0.05) is 5.02 Å². The van der Waals surface area contributed by atoms with Gasteiger partial charge in [0.1, 0.15) is 0 Å². The number of carbonyl (C=O) groups is 1. The highest BCUT2D eigenvalue weighted by Gasteiger charge is 2.19. The Bertz CT molecular complexity index is 456. The Balaban J connectivity index is 1.84. The zero-order valence-corrected chi connectivity index (χ0v) is 13.0. The summed E-state index contributed by atoms with van der Waals surface area (Å²) in [6.07, 6.45) is 2.38. The van der Waals surface area contributed by atoms with Crippen LogP contribution >= 0.6 is 11.6 Å². The fraction of sp³-hybridized carbons (Fsp3) is 0.562. The first-order valence-electron chi connectivity index (χ1n) is 7.32.